The predicted octanol–water partition coefficient (Wildman–Crippen LogP) is 5.01. The zero-order chi connectivity index (χ0) is 32.1. The van der Waals surface area contributed by atoms with E-state index in [2.05, 4.69) is 10.3 Å². The van der Waals surface area contributed by atoms with Crippen molar-refractivity contribution in [1.29, 1.82) is 0 Å². The Morgan fingerprint density at radius 2 is 1.73 bits per heavy atom. The van der Waals surface area contributed by atoms with Crippen LogP contribution in [0, 0.1) is 13.8 Å². The Balaban J connectivity index is 1.57. The van der Waals surface area contributed by atoms with E-state index in [1.54, 1.807) is 30.3 Å². The highest BCUT2D eigenvalue weighted by Crippen LogP contribution is 2.34. The molecule has 0 bridgehead atoms. The van der Waals surface area contributed by atoms with Gasteiger partial charge in [-0.25, -0.2) is 22.5 Å². The highest BCUT2D eigenvalue weighted by Gasteiger charge is 2.41. The lowest BCUT2D eigenvalue weighted by Gasteiger charge is -2.33. The first kappa shape index (κ1) is 31.0. The zero-order valence-electron chi connectivity index (χ0n) is 24.3. The van der Waals surface area contributed by atoms with Crippen LogP contribution in [0.1, 0.15) is 31.8 Å². The minimum absolute atomic E-state index is 0.0239. The van der Waals surface area contributed by atoms with Gasteiger partial charge in [-0.1, -0.05) is 48.0 Å². The summed E-state index contributed by atoms with van der Waals surface area (Å²) < 4.78 is 41.0. The summed E-state index contributed by atoms with van der Waals surface area (Å²) in [6.45, 7) is 3.49. The lowest BCUT2D eigenvalue weighted by atomic mass is 10.1. The molecule has 0 radical (unpaired) electrons. The van der Waals surface area contributed by atoms with Crippen LogP contribution in [-0.4, -0.2) is 61.1 Å². The molecule has 1 heterocycles. The summed E-state index contributed by atoms with van der Waals surface area (Å²) in [6.07, 6.45) is -1.14. The second kappa shape index (κ2) is 13.0. The van der Waals surface area contributed by atoms with Gasteiger partial charge in [0, 0.05) is 5.56 Å². The molecular formula is C33H29N3O8S. The van der Waals surface area contributed by atoms with Crippen molar-refractivity contribution >= 4 is 45.4 Å². The van der Waals surface area contributed by atoms with Gasteiger partial charge in [0.05, 0.1) is 23.5 Å². The number of anilines is 1. The van der Waals surface area contributed by atoms with Crippen molar-refractivity contribution in [3.8, 4) is 11.5 Å². The first-order valence-electron chi connectivity index (χ1n) is 13.8. The number of aryl methyl sites for hydroxylation is 2. The molecule has 4 aromatic carbocycles. The molecule has 1 aliphatic rings. The van der Waals surface area contributed by atoms with Crippen LogP contribution in [0.15, 0.2) is 101 Å². The number of nitrogens with zero attached hydrogens (tertiary/aromatic N) is 2. The molecule has 0 saturated carbocycles. The lowest BCUT2D eigenvalue weighted by molar-refractivity contribution is -0.120. The number of carboxylic acids is 1. The number of ether oxygens (including phenoxy) is 2. The van der Waals surface area contributed by atoms with Crippen molar-refractivity contribution < 1.29 is 37.4 Å². The van der Waals surface area contributed by atoms with Crippen LogP contribution in [0.5, 0.6) is 11.5 Å². The average Bonchev–Trinajstić information content (AvgIpc) is 3.02. The fraction of sp³-hybridized carbons (Fsp3) is 0.152. The van der Waals surface area contributed by atoms with Crippen molar-refractivity contribution in [2.24, 2.45) is 4.99 Å². The molecule has 1 aliphatic heterocycles. The van der Waals surface area contributed by atoms with Gasteiger partial charge >= 0.3 is 5.97 Å². The SMILES string of the molecule is Cc1ccc(OCCN2C(C(Oc3cccc(C(=O)O)c3)C(=O)Nc3ccccc3C=O)=Nc3ccccc3S2(=O)=O)c(C)c1. The Bertz CT molecular complexity index is 1920. The predicted molar refractivity (Wildman–Crippen MR) is 167 cm³/mol. The van der Waals surface area contributed by atoms with E-state index < -0.39 is 28.0 Å². The number of carbonyl (C=O) groups excluding carboxylic acids is 2. The van der Waals surface area contributed by atoms with Crippen LogP contribution < -0.4 is 14.8 Å². The third-order valence-electron chi connectivity index (χ3n) is 6.96. The summed E-state index contributed by atoms with van der Waals surface area (Å²) in [6, 6.07) is 23.4. The number of amidine groups is 1. The number of amides is 1. The number of aromatic carboxylic acids is 1. The van der Waals surface area contributed by atoms with Crippen LogP contribution in [0.2, 0.25) is 0 Å². The first-order valence-corrected chi connectivity index (χ1v) is 15.3. The van der Waals surface area contributed by atoms with Crippen LogP contribution in [0.4, 0.5) is 11.4 Å². The fourth-order valence-electron chi connectivity index (χ4n) is 4.79. The molecule has 12 heteroatoms. The molecule has 0 saturated heterocycles. The summed E-state index contributed by atoms with van der Waals surface area (Å²) in [5, 5.41) is 12.1. The van der Waals surface area contributed by atoms with E-state index in [0.29, 0.717) is 12.0 Å². The molecular weight excluding hydrogens is 598 g/mol. The van der Waals surface area contributed by atoms with Crippen LogP contribution >= 0.6 is 0 Å². The van der Waals surface area contributed by atoms with E-state index >= 15 is 0 Å². The molecule has 4 aromatic rings. The maximum absolute atomic E-state index is 14.0. The van der Waals surface area contributed by atoms with Gasteiger partial charge in [0.1, 0.15) is 23.0 Å². The Labute approximate surface area is 259 Å². The Kier molecular flexibility index (Phi) is 8.96. The molecule has 0 fully saturated rings. The maximum Gasteiger partial charge on any atom is 0.335 e. The first-order chi connectivity index (χ1) is 21.6. The van der Waals surface area contributed by atoms with Crippen molar-refractivity contribution in [1.82, 2.24) is 4.31 Å². The van der Waals surface area contributed by atoms with Gasteiger partial charge in [-0.2, -0.15) is 0 Å². The minimum Gasteiger partial charge on any atom is -0.491 e. The molecule has 0 spiro atoms. The molecule has 1 unspecified atom stereocenters. The van der Waals surface area contributed by atoms with Gasteiger partial charge in [-0.3, -0.25) is 9.59 Å². The highest BCUT2D eigenvalue weighted by molar-refractivity contribution is 7.90. The quantitative estimate of drug-likeness (QED) is 0.220. The van der Waals surface area contributed by atoms with Crippen LogP contribution in [0.25, 0.3) is 0 Å². The van der Waals surface area contributed by atoms with Gasteiger partial charge < -0.3 is 19.9 Å². The topological polar surface area (TPSA) is 152 Å². The normalized spacial score (nSPS) is 14.0. The van der Waals surface area contributed by atoms with Crippen molar-refractivity contribution in [2.45, 2.75) is 24.8 Å². The molecule has 230 valence electrons. The summed E-state index contributed by atoms with van der Waals surface area (Å²) in [5.74, 6) is -1.81. The standard InChI is InChI=1S/C33H29N3O8S/c1-21-14-15-28(22(2)18-21)43-17-16-36-31(34-27-12-5-6-13-29(27)45(36,41)42)30(44-25-10-7-9-23(19-25)33(39)40)32(38)35-26-11-4-3-8-24(26)20-37/h3-15,18-20,30H,16-17H2,1-2H3,(H,35,38)(H,39,40). The molecule has 1 amide bonds. The van der Waals surface area contributed by atoms with E-state index in [1.165, 1.54) is 48.5 Å². The summed E-state index contributed by atoms with van der Waals surface area (Å²) >= 11 is 0. The number of fused-ring (bicyclic) bond motifs is 1. The van der Waals surface area contributed by atoms with E-state index in [-0.39, 0.29) is 52.1 Å². The van der Waals surface area contributed by atoms with Gasteiger partial charge in [0.2, 0.25) is 6.10 Å². The lowest BCUT2D eigenvalue weighted by Crippen LogP contribution is -2.52. The number of carbonyl (C=O) groups is 3. The molecule has 5 rings (SSSR count). The van der Waals surface area contributed by atoms with Crippen molar-refractivity contribution in [3.63, 3.8) is 0 Å². The smallest absolute Gasteiger partial charge is 0.335 e. The number of rotatable bonds is 11. The maximum atomic E-state index is 14.0. The summed E-state index contributed by atoms with van der Waals surface area (Å²) in [7, 11) is -4.27. The highest BCUT2D eigenvalue weighted by atomic mass is 32.2. The van der Waals surface area contributed by atoms with Crippen molar-refractivity contribution in [2.75, 3.05) is 18.5 Å². The third-order valence-corrected chi connectivity index (χ3v) is 8.81. The number of hydrogen-bond acceptors (Lipinski definition) is 8. The molecule has 0 aromatic heterocycles. The van der Waals surface area contributed by atoms with Gasteiger partial charge in [0.15, 0.2) is 12.1 Å². The molecule has 45 heavy (non-hydrogen) atoms. The summed E-state index contributed by atoms with van der Waals surface area (Å²) in [4.78, 5) is 41.8. The number of aliphatic imine (C=N–C) groups is 1. The molecule has 2 N–H and O–H groups in total. The van der Waals surface area contributed by atoms with Crippen LogP contribution in [-0.2, 0) is 14.8 Å². The molecule has 0 aliphatic carbocycles. The number of nitrogens with one attached hydrogen (secondary N) is 1. The fourth-order valence-corrected chi connectivity index (χ4v) is 6.35. The third kappa shape index (κ3) is 6.70. The average molecular weight is 628 g/mol. The Morgan fingerprint density at radius 1 is 0.978 bits per heavy atom. The Hall–Kier alpha value is -5.49. The number of carboxylic acid groups (broad SMARTS) is 1. The van der Waals surface area contributed by atoms with E-state index in [0.717, 1.165) is 15.4 Å². The van der Waals surface area contributed by atoms with Crippen LogP contribution in [0.3, 0.4) is 0 Å². The number of hydrogen-bond donors (Lipinski definition) is 2. The minimum atomic E-state index is -4.27. The number of aldehydes is 1. The van der Waals surface area contributed by atoms with E-state index in [1.807, 2.05) is 26.0 Å². The Morgan fingerprint density at radius 3 is 2.49 bits per heavy atom. The second-order valence-corrected chi connectivity index (χ2v) is 12.0. The molecule has 1 atom stereocenters. The van der Waals surface area contributed by atoms with Gasteiger partial charge in [0.25, 0.3) is 15.9 Å². The van der Waals surface area contributed by atoms with E-state index in [4.69, 9.17) is 9.47 Å². The van der Waals surface area contributed by atoms with Gasteiger partial charge in [-0.05, 0) is 67.9 Å². The number of sulfonamides is 1. The number of benzene rings is 4. The van der Waals surface area contributed by atoms with E-state index in [9.17, 15) is 27.9 Å². The van der Waals surface area contributed by atoms with Gasteiger partial charge in [-0.15, -0.1) is 0 Å². The second-order valence-electron chi connectivity index (χ2n) is 10.2. The van der Waals surface area contributed by atoms with Crippen molar-refractivity contribution in [3.05, 3.63) is 113 Å². The largest absolute Gasteiger partial charge is 0.491 e. The number of para-hydroxylation sites is 2. The monoisotopic (exact) mass is 627 g/mol. The summed E-state index contributed by atoms with van der Waals surface area (Å²) in [5.41, 5.74) is 2.23. The molecule has 11 nitrogen and oxygen atoms in total. The zero-order valence-corrected chi connectivity index (χ0v) is 25.2.